The fraction of sp³-hybridized carbons (Fsp3) is 0.452. The van der Waals surface area contributed by atoms with Crippen LogP contribution in [0.3, 0.4) is 0 Å². The second-order valence-electron chi connectivity index (χ2n) is 16.8. The van der Waals surface area contributed by atoms with Gasteiger partial charge in [-0.1, -0.05) is 12.1 Å². The van der Waals surface area contributed by atoms with Crippen LogP contribution in [-0.4, -0.2) is 82.3 Å². The molecule has 0 spiro atoms. The molecule has 8 rings (SSSR count). The van der Waals surface area contributed by atoms with Crippen LogP contribution in [0.2, 0.25) is 0 Å². The third kappa shape index (κ3) is 8.34. The Kier molecular flexibility index (Phi) is 11.4. The Balaban J connectivity index is 1.40. The highest BCUT2D eigenvalue weighted by Crippen LogP contribution is 2.54. The zero-order valence-corrected chi connectivity index (χ0v) is 35.1. The Labute approximate surface area is 363 Å². The summed E-state index contributed by atoms with van der Waals surface area (Å²) in [6, 6.07) is 4.25. The molecular weight excluding hydrogens is 884 g/mol. The van der Waals surface area contributed by atoms with E-state index in [1.807, 2.05) is 4.90 Å². The number of amides is 1. The predicted molar refractivity (Wildman–Crippen MR) is 218 cm³/mol. The largest absolute Gasteiger partial charge is 0.490 e. The number of rotatable bonds is 9. The molecule has 0 radical (unpaired) electrons. The smallest absolute Gasteiger partial charge is 0.420 e. The molecule has 5 aromatic rings. The minimum atomic E-state index is -5.47. The monoisotopic (exact) mass is 922 g/mol. The van der Waals surface area contributed by atoms with Gasteiger partial charge in [0.2, 0.25) is 0 Å². The second kappa shape index (κ2) is 16.3. The first-order chi connectivity index (χ1) is 30.1. The number of pyridine rings is 1. The number of nitrogens with zero attached hydrogens (tertiary/aromatic N) is 6. The number of nitrogen functional groups attached to an aromatic ring is 1. The number of carbonyl (C=O) groups excluding carboxylic acids is 1. The topological polar surface area (TPSA) is 152 Å². The molecule has 3 aliphatic heterocycles. The minimum Gasteiger partial charge on any atom is -0.490 e. The zero-order chi connectivity index (χ0) is 46.1. The van der Waals surface area contributed by atoms with Crippen LogP contribution in [0, 0.1) is 23.0 Å². The van der Waals surface area contributed by atoms with Crippen LogP contribution in [0.25, 0.3) is 32.1 Å². The predicted octanol–water partition coefficient (Wildman–Crippen LogP) is 10.2. The molecule has 0 bridgehead atoms. The molecular formula is C42H39F9N8O4S. The number of fused-ring (bicyclic) bond motifs is 2. The van der Waals surface area contributed by atoms with Crippen LogP contribution in [0.15, 0.2) is 30.5 Å². The molecule has 12 nitrogen and oxygen atoms in total. The molecule has 64 heavy (non-hydrogen) atoms. The van der Waals surface area contributed by atoms with Crippen molar-refractivity contribution in [3.05, 3.63) is 58.8 Å². The van der Waals surface area contributed by atoms with Gasteiger partial charge in [-0.25, -0.2) is 22.9 Å². The van der Waals surface area contributed by atoms with E-state index in [-0.39, 0.29) is 36.0 Å². The number of nitrogens with two attached hydrogens (primary N) is 1. The molecule has 3 aliphatic rings. The molecule has 6 heterocycles. The number of thiophene rings is 1. The van der Waals surface area contributed by atoms with Gasteiger partial charge in [0.05, 0.1) is 33.8 Å². The summed E-state index contributed by atoms with van der Waals surface area (Å²) in [5, 5.41) is 11.2. The summed E-state index contributed by atoms with van der Waals surface area (Å²) in [5.74, 6) is -4.36. The average Bonchev–Trinajstić information content (AvgIpc) is 3.81. The summed E-state index contributed by atoms with van der Waals surface area (Å²) >= 11 is 0.502. The lowest BCUT2D eigenvalue weighted by Crippen LogP contribution is -2.43. The van der Waals surface area contributed by atoms with E-state index in [1.54, 1.807) is 26.8 Å². The van der Waals surface area contributed by atoms with Gasteiger partial charge in [-0.3, -0.25) is 10.2 Å². The summed E-state index contributed by atoms with van der Waals surface area (Å²) in [6.07, 6.45) is -11.9. The molecule has 2 saturated heterocycles. The Morgan fingerprint density at radius 2 is 1.89 bits per heavy atom. The highest BCUT2D eigenvalue weighted by atomic mass is 32.1. The molecule has 3 aromatic heterocycles. The number of halogens is 9. The summed E-state index contributed by atoms with van der Waals surface area (Å²) in [4.78, 5) is 28.7. The van der Waals surface area contributed by atoms with Gasteiger partial charge in [-0.05, 0) is 64.3 Å². The van der Waals surface area contributed by atoms with Crippen molar-refractivity contribution in [1.82, 2.24) is 19.9 Å². The van der Waals surface area contributed by atoms with E-state index in [0.29, 0.717) is 30.7 Å². The summed E-state index contributed by atoms with van der Waals surface area (Å²) in [5.41, 5.74) is -0.501. The number of nitrogens with one attached hydrogen (secondary N) is 1. The van der Waals surface area contributed by atoms with E-state index in [2.05, 4.69) is 20.3 Å². The molecule has 0 aliphatic carbocycles. The van der Waals surface area contributed by atoms with Crippen LogP contribution in [0.4, 0.5) is 60.9 Å². The lowest BCUT2D eigenvalue weighted by atomic mass is 9.91. The third-order valence-corrected chi connectivity index (χ3v) is 12.6. The Bertz CT molecular complexity index is 2700. The number of carbonyl (C=O) groups is 1. The van der Waals surface area contributed by atoms with Crippen LogP contribution in [0.5, 0.6) is 11.8 Å². The first-order valence-corrected chi connectivity index (χ1v) is 20.9. The van der Waals surface area contributed by atoms with Gasteiger partial charge < -0.3 is 24.8 Å². The molecule has 3 atom stereocenters. The Morgan fingerprint density at radius 1 is 1.12 bits per heavy atom. The molecule has 3 N–H and O–H groups in total. The number of aromatic nitrogens is 3. The van der Waals surface area contributed by atoms with E-state index in [1.165, 1.54) is 23.2 Å². The van der Waals surface area contributed by atoms with E-state index < -0.39 is 140 Å². The van der Waals surface area contributed by atoms with Crippen molar-refractivity contribution in [1.29, 1.82) is 5.26 Å². The van der Waals surface area contributed by atoms with Gasteiger partial charge in [0, 0.05) is 42.1 Å². The Morgan fingerprint density at radius 3 is 2.58 bits per heavy atom. The van der Waals surface area contributed by atoms with Crippen molar-refractivity contribution in [3.8, 4) is 29.0 Å². The van der Waals surface area contributed by atoms with Gasteiger partial charge in [0.1, 0.15) is 70.3 Å². The maximum absolute atomic E-state index is 17.9. The molecule has 2 fully saturated rings. The minimum absolute atomic E-state index is 0.0592. The van der Waals surface area contributed by atoms with E-state index in [9.17, 15) is 27.6 Å². The highest BCUT2D eigenvalue weighted by molar-refractivity contribution is 7.23. The number of ether oxygens (including phenoxy) is 3. The van der Waals surface area contributed by atoms with Crippen molar-refractivity contribution < 1.29 is 58.5 Å². The molecule has 2 aromatic carbocycles. The normalized spacial score (nSPS) is 19.6. The lowest BCUT2D eigenvalue weighted by molar-refractivity contribution is -0.138. The third-order valence-electron chi connectivity index (χ3n) is 11.5. The van der Waals surface area contributed by atoms with Crippen LogP contribution in [0.1, 0.15) is 75.6 Å². The summed E-state index contributed by atoms with van der Waals surface area (Å²) in [6.45, 7) is 4.07. The van der Waals surface area contributed by atoms with Gasteiger partial charge >= 0.3 is 24.5 Å². The number of hydrogen-bond acceptors (Lipinski definition) is 12. The van der Waals surface area contributed by atoms with E-state index >= 15 is 22.0 Å². The van der Waals surface area contributed by atoms with E-state index in [0.717, 1.165) is 12.1 Å². The van der Waals surface area contributed by atoms with Crippen molar-refractivity contribution >= 4 is 55.1 Å². The van der Waals surface area contributed by atoms with Crippen molar-refractivity contribution in [2.75, 3.05) is 48.8 Å². The number of anilines is 3. The van der Waals surface area contributed by atoms with Gasteiger partial charge in [0.15, 0.2) is 5.82 Å². The zero-order valence-electron chi connectivity index (χ0n) is 34.3. The molecule has 340 valence electrons. The van der Waals surface area contributed by atoms with Crippen LogP contribution < -0.4 is 25.4 Å². The molecule has 22 heteroatoms. The SMILES string of the molecule is CC(C)(C)OC(=O)Nc1sc2c(F)ccc(-c3c(C(F)(F)F)c4c5c(nc(OC[C@@]67CCCN6C[C@H](F)C7)nc5c3F)N([C@H](CCC(F)(F)F)c3cccnc3N)CCO4)c2c1C#N. The lowest BCUT2D eigenvalue weighted by Gasteiger charge is -2.34. The summed E-state index contributed by atoms with van der Waals surface area (Å²) in [7, 11) is 0. The van der Waals surface area contributed by atoms with Crippen molar-refractivity contribution in [2.24, 2.45) is 0 Å². The van der Waals surface area contributed by atoms with E-state index in [4.69, 9.17) is 19.9 Å². The number of alkyl halides is 7. The summed E-state index contributed by atoms with van der Waals surface area (Å²) < 4.78 is 154. The average molecular weight is 923 g/mol. The van der Waals surface area contributed by atoms with Crippen molar-refractivity contribution in [3.63, 3.8) is 0 Å². The Hall–Kier alpha value is -5.82. The van der Waals surface area contributed by atoms with Crippen molar-refractivity contribution in [2.45, 2.75) is 88.6 Å². The second-order valence-corrected chi connectivity index (χ2v) is 17.9. The van der Waals surface area contributed by atoms with Gasteiger partial charge in [-0.2, -0.15) is 41.6 Å². The number of nitriles is 1. The standard InChI is InChI=1S/C42H39F9N8O4S/c1-39(2,3)63-38(60)57-36-23(17-52)26-22(7-8-24(44)33(26)64-36)27-29(42(49,50)51)32-28-31(30(27)45)55-37(62-19-40-10-5-13-58(40)18-20(43)16-40)56-35(28)59(14-15-61-32)25(9-11-41(46,47)48)21-6-4-12-54-34(21)53/h4,6-8,12,20,25H,5,9-11,13-16,18-19H2,1-3H3,(H2,53,54)(H,57,60)/t20-,25-,40+/m1/s1. The quantitative estimate of drug-likeness (QED) is 0.136. The molecule has 1 amide bonds. The fourth-order valence-electron chi connectivity index (χ4n) is 8.97. The molecule has 0 saturated carbocycles. The first kappa shape index (κ1) is 44.8. The van der Waals surface area contributed by atoms with Crippen LogP contribution in [-0.2, 0) is 10.9 Å². The van der Waals surface area contributed by atoms with Crippen LogP contribution >= 0.6 is 11.3 Å². The number of hydrogen-bond donors (Lipinski definition) is 2. The molecule has 0 unspecified atom stereocenters. The number of benzene rings is 2. The highest BCUT2D eigenvalue weighted by Gasteiger charge is 2.50. The maximum atomic E-state index is 17.9. The fourth-order valence-corrected chi connectivity index (χ4v) is 10.0. The van der Waals surface area contributed by atoms with Gasteiger partial charge in [-0.15, -0.1) is 11.3 Å². The van der Waals surface area contributed by atoms with Gasteiger partial charge in [0.25, 0.3) is 0 Å². The maximum Gasteiger partial charge on any atom is 0.420 e. The first-order valence-electron chi connectivity index (χ1n) is 20.1.